The van der Waals surface area contributed by atoms with Crippen molar-refractivity contribution in [1.82, 2.24) is 14.8 Å². The van der Waals surface area contributed by atoms with Crippen LogP contribution in [0, 0.1) is 5.82 Å². The van der Waals surface area contributed by atoms with Crippen LogP contribution in [-0.2, 0) is 11.4 Å². The SMILES string of the molecule is CCOc1cc([C@H]2C(C(=O)Nc3ccccc3)=C(C)Nc3ncnn32)ccc1OCc1ccc(F)cc1. The molecule has 37 heavy (non-hydrogen) atoms. The molecule has 0 aliphatic carbocycles. The number of hydrogen-bond acceptors (Lipinski definition) is 6. The number of hydrogen-bond donors (Lipinski definition) is 2. The number of fused-ring (bicyclic) bond motifs is 1. The van der Waals surface area contributed by atoms with E-state index in [0.717, 1.165) is 11.1 Å². The van der Waals surface area contributed by atoms with Gasteiger partial charge in [-0.1, -0.05) is 36.4 Å². The Kier molecular flexibility index (Phi) is 6.85. The maximum absolute atomic E-state index is 13.5. The number of allylic oxidation sites excluding steroid dienone is 1. The Morgan fingerprint density at radius 1 is 1.05 bits per heavy atom. The van der Waals surface area contributed by atoms with E-state index in [2.05, 4.69) is 20.7 Å². The second-order valence-corrected chi connectivity index (χ2v) is 8.47. The van der Waals surface area contributed by atoms with Gasteiger partial charge in [0, 0.05) is 11.4 Å². The van der Waals surface area contributed by atoms with Gasteiger partial charge in [0.25, 0.3) is 5.91 Å². The summed E-state index contributed by atoms with van der Waals surface area (Å²) in [5.74, 6) is 1.06. The summed E-state index contributed by atoms with van der Waals surface area (Å²) in [7, 11) is 0. The largest absolute Gasteiger partial charge is 0.490 e. The number of anilines is 2. The van der Waals surface area contributed by atoms with Crippen molar-refractivity contribution in [3.63, 3.8) is 0 Å². The Balaban J connectivity index is 1.48. The number of ether oxygens (including phenoxy) is 2. The Morgan fingerprint density at radius 3 is 2.59 bits per heavy atom. The molecule has 1 aliphatic heterocycles. The second-order valence-electron chi connectivity index (χ2n) is 8.47. The van der Waals surface area contributed by atoms with Gasteiger partial charge in [-0.25, -0.2) is 9.07 Å². The normalized spacial score (nSPS) is 14.5. The first-order chi connectivity index (χ1) is 18.0. The van der Waals surface area contributed by atoms with Gasteiger partial charge in [0.05, 0.1) is 12.2 Å². The highest BCUT2D eigenvalue weighted by atomic mass is 19.1. The molecule has 4 aromatic rings. The van der Waals surface area contributed by atoms with Gasteiger partial charge < -0.3 is 20.1 Å². The standard InChI is InChI=1S/C28H26FN5O3/c1-3-36-24-15-20(11-14-23(24)37-16-19-9-12-21(29)13-10-19)26-25(18(2)32-28-30-17-31-34(26)28)27(35)33-22-7-5-4-6-8-22/h4-15,17,26H,3,16H2,1-2H3,(H,33,35)(H,30,31,32)/t26-/m0/s1. The molecule has 5 rings (SSSR count). The van der Waals surface area contributed by atoms with E-state index in [0.29, 0.717) is 41.0 Å². The van der Waals surface area contributed by atoms with Crippen LogP contribution in [0.15, 0.2) is 90.4 Å². The number of halogens is 1. The fourth-order valence-corrected chi connectivity index (χ4v) is 4.24. The molecule has 0 radical (unpaired) electrons. The highest BCUT2D eigenvalue weighted by Crippen LogP contribution is 2.39. The third kappa shape index (κ3) is 5.16. The van der Waals surface area contributed by atoms with Crippen molar-refractivity contribution in [2.75, 3.05) is 17.2 Å². The minimum absolute atomic E-state index is 0.253. The summed E-state index contributed by atoms with van der Waals surface area (Å²) in [5, 5.41) is 10.5. The lowest BCUT2D eigenvalue weighted by Gasteiger charge is -2.29. The number of nitrogens with zero attached hydrogens (tertiary/aromatic N) is 3. The van der Waals surface area contributed by atoms with E-state index in [1.165, 1.54) is 18.5 Å². The van der Waals surface area contributed by atoms with Crippen molar-refractivity contribution >= 4 is 17.5 Å². The molecule has 1 aromatic heterocycles. The van der Waals surface area contributed by atoms with Crippen molar-refractivity contribution in [1.29, 1.82) is 0 Å². The number of aromatic nitrogens is 3. The predicted molar refractivity (Wildman–Crippen MR) is 138 cm³/mol. The first kappa shape index (κ1) is 24.1. The summed E-state index contributed by atoms with van der Waals surface area (Å²) in [6, 6.07) is 20.4. The van der Waals surface area contributed by atoms with Gasteiger partial charge >= 0.3 is 0 Å². The molecular weight excluding hydrogens is 473 g/mol. The van der Waals surface area contributed by atoms with E-state index < -0.39 is 6.04 Å². The average Bonchev–Trinajstić information content (AvgIpc) is 3.37. The lowest BCUT2D eigenvalue weighted by molar-refractivity contribution is -0.113. The van der Waals surface area contributed by atoms with Crippen molar-refractivity contribution in [3.05, 3.63) is 107 Å². The maximum Gasteiger partial charge on any atom is 0.255 e. The van der Waals surface area contributed by atoms with E-state index in [4.69, 9.17) is 9.47 Å². The number of nitrogens with one attached hydrogen (secondary N) is 2. The Bertz CT molecular complexity index is 1430. The van der Waals surface area contributed by atoms with E-state index in [9.17, 15) is 9.18 Å². The summed E-state index contributed by atoms with van der Waals surface area (Å²) >= 11 is 0. The summed E-state index contributed by atoms with van der Waals surface area (Å²) in [6.45, 7) is 4.41. The molecule has 1 amide bonds. The van der Waals surface area contributed by atoms with Crippen LogP contribution in [0.4, 0.5) is 16.0 Å². The molecule has 2 heterocycles. The van der Waals surface area contributed by atoms with Gasteiger partial charge in [0.2, 0.25) is 5.95 Å². The molecule has 0 saturated carbocycles. The summed E-state index contributed by atoms with van der Waals surface area (Å²) in [4.78, 5) is 17.8. The highest BCUT2D eigenvalue weighted by Gasteiger charge is 2.34. The predicted octanol–water partition coefficient (Wildman–Crippen LogP) is 5.32. The molecule has 3 aromatic carbocycles. The number of amides is 1. The first-order valence-corrected chi connectivity index (χ1v) is 11.9. The average molecular weight is 500 g/mol. The molecule has 8 nitrogen and oxygen atoms in total. The van der Waals surface area contributed by atoms with Crippen LogP contribution < -0.4 is 20.1 Å². The van der Waals surface area contributed by atoms with E-state index >= 15 is 0 Å². The van der Waals surface area contributed by atoms with E-state index in [-0.39, 0.29) is 18.3 Å². The molecule has 2 N–H and O–H groups in total. The topological polar surface area (TPSA) is 90.3 Å². The number of carbonyl (C=O) groups is 1. The van der Waals surface area contributed by atoms with Crippen molar-refractivity contribution in [2.24, 2.45) is 0 Å². The fraction of sp³-hybridized carbons (Fsp3) is 0.179. The van der Waals surface area contributed by atoms with Crippen LogP contribution in [0.3, 0.4) is 0 Å². The second kappa shape index (κ2) is 10.5. The van der Waals surface area contributed by atoms with Crippen LogP contribution >= 0.6 is 0 Å². The molecular formula is C28H26FN5O3. The van der Waals surface area contributed by atoms with Crippen molar-refractivity contribution in [3.8, 4) is 11.5 Å². The molecule has 0 bridgehead atoms. The zero-order chi connectivity index (χ0) is 25.8. The van der Waals surface area contributed by atoms with Gasteiger partial charge in [-0.15, -0.1) is 0 Å². The summed E-state index contributed by atoms with van der Waals surface area (Å²) < 4.78 is 26.8. The van der Waals surface area contributed by atoms with E-state index in [1.54, 1.807) is 16.8 Å². The number of benzene rings is 3. The molecule has 0 spiro atoms. The van der Waals surface area contributed by atoms with Gasteiger partial charge in [0.1, 0.15) is 24.8 Å². The zero-order valence-corrected chi connectivity index (χ0v) is 20.4. The molecule has 0 fully saturated rings. The van der Waals surface area contributed by atoms with Crippen LogP contribution in [-0.4, -0.2) is 27.3 Å². The van der Waals surface area contributed by atoms with Crippen LogP contribution in [0.1, 0.15) is 31.0 Å². The number of rotatable bonds is 8. The molecule has 1 aliphatic rings. The quantitative estimate of drug-likeness (QED) is 0.341. The van der Waals surface area contributed by atoms with Gasteiger partial charge in [-0.3, -0.25) is 4.79 Å². The molecule has 9 heteroatoms. The molecule has 0 saturated heterocycles. The number of para-hydroxylation sites is 1. The smallest absolute Gasteiger partial charge is 0.255 e. The fourth-order valence-electron chi connectivity index (χ4n) is 4.24. The van der Waals surface area contributed by atoms with E-state index in [1.807, 2.05) is 62.4 Å². The monoisotopic (exact) mass is 499 g/mol. The first-order valence-electron chi connectivity index (χ1n) is 11.9. The Morgan fingerprint density at radius 2 is 1.84 bits per heavy atom. The Labute approximate surface area is 213 Å². The third-order valence-electron chi connectivity index (χ3n) is 5.96. The van der Waals surface area contributed by atoms with Crippen LogP contribution in [0.2, 0.25) is 0 Å². The maximum atomic E-state index is 13.5. The third-order valence-corrected chi connectivity index (χ3v) is 5.96. The molecule has 188 valence electrons. The van der Waals surface area contributed by atoms with Gasteiger partial charge in [0.15, 0.2) is 11.5 Å². The van der Waals surface area contributed by atoms with Crippen LogP contribution in [0.5, 0.6) is 11.5 Å². The lowest BCUT2D eigenvalue weighted by Crippen LogP contribution is -2.31. The lowest BCUT2D eigenvalue weighted by atomic mass is 9.94. The van der Waals surface area contributed by atoms with Crippen molar-refractivity contribution < 1.29 is 18.7 Å². The number of carbonyl (C=O) groups excluding carboxylic acids is 1. The van der Waals surface area contributed by atoms with Gasteiger partial charge in [-0.05, 0) is 61.4 Å². The highest BCUT2D eigenvalue weighted by molar-refractivity contribution is 6.06. The summed E-state index contributed by atoms with van der Waals surface area (Å²) in [5.41, 5.74) is 3.48. The van der Waals surface area contributed by atoms with Crippen molar-refractivity contribution in [2.45, 2.75) is 26.5 Å². The summed E-state index contributed by atoms with van der Waals surface area (Å²) in [6.07, 6.45) is 1.45. The minimum atomic E-state index is -0.548. The minimum Gasteiger partial charge on any atom is -0.490 e. The Hall–Kier alpha value is -4.66. The molecule has 0 unspecified atom stereocenters. The van der Waals surface area contributed by atoms with Gasteiger partial charge in [-0.2, -0.15) is 10.1 Å². The molecule has 1 atom stereocenters. The zero-order valence-electron chi connectivity index (χ0n) is 20.4. The van der Waals surface area contributed by atoms with Crippen LogP contribution in [0.25, 0.3) is 0 Å².